The summed E-state index contributed by atoms with van der Waals surface area (Å²) in [5, 5.41) is 0. The van der Waals surface area contributed by atoms with Gasteiger partial charge in [-0.1, -0.05) is 18.2 Å². The van der Waals surface area contributed by atoms with Gasteiger partial charge in [0, 0.05) is 1.37 Å². The maximum absolute atomic E-state index is 12.7. The summed E-state index contributed by atoms with van der Waals surface area (Å²) in [6.45, 7) is 6.50. The number of hydrogen-bond donors (Lipinski definition) is 0. The number of benzene rings is 1. The first-order chi connectivity index (χ1) is 5.15. The van der Waals surface area contributed by atoms with Crippen LogP contribution in [0.15, 0.2) is 24.2 Å². The molecule has 0 aliphatic heterocycles. The third kappa shape index (κ3) is 1.06. The largest absolute Gasteiger partial charge is 0.235 e. The average Bonchev–Trinajstić information content (AvgIpc) is 1.85. The van der Waals surface area contributed by atoms with E-state index in [0.717, 1.165) is 12.1 Å². The Labute approximate surface area is 55.4 Å². The van der Waals surface area contributed by atoms with Crippen molar-refractivity contribution < 1.29 is 7.13 Å². The first-order valence-electron chi connectivity index (χ1n) is 3.29. The monoisotopic (exact) mass is 123 g/mol. The van der Waals surface area contributed by atoms with E-state index in [1.807, 2.05) is 0 Å². The molecule has 1 rings (SSSR count). The van der Waals surface area contributed by atoms with Gasteiger partial charge in [-0.05, 0) is 6.07 Å². The number of nitrogens with zero attached hydrogens (tertiary/aromatic N) is 1. The summed E-state index contributed by atoms with van der Waals surface area (Å²) in [5.74, 6) is -0.794. The third-order valence-corrected chi connectivity index (χ3v) is 0.840. The van der Waals surface area contributed by atoms with Gasteiger partial charge in [0.25, 0.3) is 0 Å². The fourth-order valence-corrected chi connectivity index (χ4v) is 0.448. The van der Waals surface area contributed by atoms with Crippen LogP contribution in [0.25, 0.3) is 4.85 Å². The van der Waals surface area contributed by atoms with Gasteiger partial charge in [-0.15, -0.1) is 0 Å². The van der Waals surface area contributed by atoms with Crippen LogP contribution in [0.3, 0.4) is 0 Å². The molecule has 0 saturated heterocycles. The highest BCUT2D eigenvalue weighted by atomic mass is 19.1. The second kappa shape index (κ2) is 2.27. The lowest BCUT2D eigenvalue weighted by Crippen LogP contribution is -1.68. The summed E-state index contributed by atoms with van der Waals surface area (Å²) >= 11 is 0. The summed E-state index contributed by atoms with van der Waals surface area (Å²) in [6, 6.07) is 1.74. The Morgan fingerprint density at radius 3 is 3.11 bits per heavy atom. The Kier molecular flexibility index (Phi) is 0.915. The van der Waals surface area contributed by atoms with Gasteiger partial charge in [-0.2, -0.15) is 0 Å². The molecule has 0 amide bonds. The van der Waals surface area contributed by atoms with Gasteiger partial charge in [0.2, 0.25) is 5.69 Å². The minimum atomic E-state index is -0.794. The van der Waals surface area contributed by atoms with Crippen molar-refractivity contribution in [3.63, 3.8) is 0 Å². The number of rotatable bonds is 0. The third-order valence-electron chi connectivity index (χ3n) is 0.840. The number of halogens is 1. The molecule has 9 heavy (non-hydrogen) atoms. The summed E-state index contributed by atoms with van der Waals surface area (Å²) in [6.07, 6.45) is 0. The highest BCUT2D eigenvalue weighted by Gasteiger charge is 1.95. The molecule has 1 aromatic rings. The maximum atomic E-state index is 12.7. The molecule has 0 spiro atoms. The topological polar surface area (TPSA) is 4.36 Å². The Bertz CT molecular complexity index is 307. The summed E-state index contributed by atoms with van der Waals surface area (Å²) < 4.78 is 26.7. The summed E-state index contributed by atoms with van der Waals surface area (Å²) in [5.41, 5.74) is -0.319. The predicted octanol–water partition coefficient (Wildman–Crippen LogP) is 2.38. The lowest BCUT2D eigenvalue weighted by atomic mass is 10.3. The minimum absolute atomic E-state index is 0.0834. The number of para-hydroxylation sites is 1. The molecule has 0 unspecified atom stereocenters. The van der Waals surface area contributed by atoms with Gasteiger partial charge in [-0.25, -0.2) is 9.24 Å². The van der Waals surface area contributed by atoms with Crippen molar-refractivity contribution in [2.24, 2.45) is 0 Å². The van der Waals surface area contributed by atoms with E-state index in [-0.39, 0.29) is 17.8 Å². The van der Waals surface area contributed by atoms with E-state index >= 15 is 0 Å². The molecule has 0 heterocycles. The van der Waals surface area contributed by atoms with E-state index in [4.69, 9.17) is 9.31 Å². The zero-order valence-corrected chi connectivity index (χ0v) is 4.48. The quantitative estimate of drug-likeness (QED) is 0.466. The molecule has 0 aliphatic rings. The zero-order valence-electron chi connectivity index (χ0n) is 6.48. The summed E-state index contributed by atoms with van der Waals surface area (Å²) in [4.78, 5) is 2.81. The van der Waals surface area contributed by atoms with Crippen molar-refractivity contribution in [2.45, 2.75) is 0 Å². The van der Waals surface area contributed by atoms with Gasteiger partial charge >= 0.3 is 0 Å². The molecule has 1 aromatic carbocycles. The molecule has 0 N–H and O–H groups in total. The zero-order chi connectivity index (χ0) is 8.43. The Hall–Kier alpha value is -1.36. The Balaban J connectivity index is 3.40. The molecule has 0 aromatic heterocycles. The van der Waals surface area contributed by atoms with Gasteiger partial charge in [-0.3, -0.25) is 0 Å². The highest BCUT2D eigenvalue weighted by Crippen LogP contribution is 2.14. The van der Waals surface area contributed by atoms with E-state index in [9.17, 15) is 4.39 Å². The van der Waals surface area contributed by atoms with E-state index in [0.29, 0.717) is 0 Å². The Morgan fingerprint density at radius 2 is 2.56 bits per heavy atom. The van der Waals surface area contributed by atoms with Crippen LogP contribution in [0, 0.1) is 12.4 Å². The van der Waals surface area contributed by atoms with Crippen LogP contribution in [-0.4, -0.2) is 0 Å². The predicted molar refractivity (Wildman–Crippen MR) is 32.7 cm³/mol. The van der Waals surface area contributed by atoms with Crippen LogP contribution in [0.4, 0.5) is 10.1 Å². The van der Waals surface area contributed by atoms with E-state index in [1.54, 1.807) is 0 Å². The van der Waals surface area contributed by atoms with Crippen LogP contribution >= 0.6 is 0 Å². The molecule has 44 valence electrons. The van der Waals surface area contributed by atoms with Crippen LogP contribution in [0.2, 0.25) is 0 Å². The fourth-order valence-electron chi connectivity index (χ4n) is 0.448. The molecule has 0 bridgehead atoms. The average molecular weight is 123 g/mol. The minimum Gasteiger partial charge on any atom is -0.235 e. The molecular weight excluding hydrogens is 117 g/mol. The van der Waals surface area contributed by atoms with Crippen molar-refractivity contribution in [1.29, 1.82) is 0 Å². The molecule has 1 nitrogen and oxygen atoms in total. The van der Waals surface area contributed by atoms with E-state index in [2.05, 4.69) is 4.85 Å². The lowest BCUT2D eigenvalue weighted by Gasteiger charge is -1.87. The second-order valence-corrected chi connectivity index (χ2v) is 1.41. The van der Waals surface area contributed by atoms with Crippen molar-refractivity contribution in [3.05, 3.63) is 41.5 Å². The lowest BCUT2D eigenvalue weighted by molar-refractivity contribution is 0.633. The first kappa shape index (κ1) is 3.62. The maximum Gasteiger partial charge on any atom is 0.222 e. The van der Waals surface area contributed by atoms with Crippen LogP contribution in [0.1, 0.15) is 2.74 Å². The van der Waals surface area contributed by atoms with Crippen molar-refractivity contribution in [1.82, 2.24) is 0 Å². The number of hydrogen-bond acceptors (Lipinski definition) is 0. The molecule has 2 heteroatoms. The first-order valence-corrected chi connectivity index (χ1v) is 2.29. The molecular formula is C7H4FN. The fraction of sp³-hybridized carbons (Fsp3) is 0. The van der Waals surface area contributed by atoms with Gasteiger partial charge in [0.05, 0.1) is 7.94 Å². The molecule has 0 aliphatic carbocycles. The smallest absolute Gasteiger partial charge is 0.222 e. The molecule has 0 radical (unpaired) electrons. The SMILES string of the molecule is [2H]c1cc([2H])c([N+]#[C-])c(F)c1. The van der Waals surface area contributed by atoms with Gasteiger partial charge in [0.15, 0.2) is 0 Å². The highest BCUT2D eigenvalue weighted by molar-refractivity contribution is 5.44. The van der Waals surface area contributed by atoms with Crippen LogP contribution in [-0.2, 0) is 0 Å². The Morgan fingerprint density at radius 1 is 1.78 bits per heavy atom. The van der Waals surface area contributed by atoms with Crippen molar-refractivity contribution >= 4 is 5.69 Å². The van der Waals surface area contributed by atoms with Crippen LogP contribution < -0.4 is 0 Å². The molecule has 0 atom stereocenters. The van der Waals surface area contributed by atoms with Crippen LogP contribution in [0.5, 0.6) is 0 Å². The summed E-state index contributed by atoms with van der Waals surface area (Å²) in [7, 11) is 0. The van der Waals surface area contributed by atoms with E-state index < -0.39 is 5.82 Å². The van der Waals surface area contributed by atoms with Crippen molar-refractivity contribution in [2.75, 3.05) is 0 Å². The molecule has 0 fully saturated rings. The van der Waals surface area contributed by atoms with Gasteiger partial charge in [0.1, 0.15) is 5.82 Å². The molecule has 0 saturated carbocycles. The van der Waals surface area contributed by atoms with Gasteiger partial charge < -0.3 is 0 Å². The normalized spacial score (nSPS) is 11.6. The van der Waals surface area contributed by atoms with Crippen molar-refractivity contribution in [3.8, 4) is 0 Å². The second-order valence-electron chi connectivity index (χ2n) is 1.41. The standard InChI is InChI=1S/C7H4FN/c1-9-7-5-3-2-4-6(7)8/h2-5H/i2D,5D. The van der Waals surface area contributed by atoms with E-state index in [1.165, 1.54) is 0 Å².